The van der Waals surface area contributed by atoms with Crippen molar-refractivity contribution in [2.24, 2.45) is 0 Å². The van der Waals surface area contributed by atoms with Gasteiger partial charge in [0.05, 0.1) is 11.5 Å². The largest absolute Gasteiger partial charge is 0.493 e. The van der Waals surface area contributed by atoms with Crippen molar-refractivity contribution in [1.82, 2.24) is 14.8 Å². The molecule has 0 fully saturated rings. The molecule has 0 amide bonds. The summed E-state index contributed by atoms with van der Waals surface area (Å²) in [6.07, 6.45) is 0. The monoisotopic (exact) mass is 451 g/mol. The molecule has 4 rings (SSSR count). The summed E-state index contributed by atoms with van der Waals surface area (Å²) in [6, 6.07) is 27.5. The van der Waals surface area contributed by atoms with Crippen molar-refractivity contribution in [2.45, 2.75) is 15.8 Å². The van der Waals surface area contributed by atoms with Crippen LogP contribution < -0.4 is 4.74 Å². The predicted molar refractivity (Wildman–Crippen MR) is 121 cm³/mol. The Kier molecular flexibility index (Phi) is 6.69. The number of ether oxygens (including phenoxy) is 1. The number of benzene rings is 3. The average Bonchev–Trinajstić information content (AvgIpc) is 3.20. The van der Waals surface area contributed by atoms with Gasteiger partial charge in [-0.25, -0.2) is 8.42 Å². The second-order valence-electron chi connectivity index (χ2n) is 6.65. The van der Waals surface area contributed by atoms with E-state index in [9.17, 15) is 8.42 Å². The molecule has 0 spiro atoms. The molecule has 0 saturated carbocycles. The van der Waals surface area contributed by atoms with E-state index >= 15 is 0 Å². The van der Waals surface area contributed by atoms with Gasteiger partial charge in [0.2, 0.25) is 0 Å². The lowest BCUT2D eigenvalue weighted by atomic mass is 10.3. The third kappa shape index (κ3) is 5.34. The highest BCUT2D eigenvalue weighted by Gasteiger charge is 2.22. The summed E-state index contributed by atoms with van der Waals surface area (Å²) in [5.74, 6) is 1.59. The van der Waals surface area contributed by atoms with Crippen molar-refractivity contribution in [3.8, 4) is 11.4 Å². The lowest BCUT2D eigenvalue weighted by molar-refractivity contribution is 0.344. The minimum atomic E-state index is -3.55. The second-order valence-corrected chi connectivity index (χ2v) is 9.70. The molecule has 0 saturated heterocycles. The predicted octanol–water partition coefficient (Wildman–Crippen LogP) is 4.41. The van der Waals surface area contributed by atoms with Gasteiger partial charge in [0, 0.05) is 11.4 Å². The zero-order chi connectivity index (χ0) is 21.5. The highest BCUT2D eigenvalue weighted by Crippen LogP contribution is 2.25. The maximum atomic E-state index is 12.9. The van der Waals surface area contributed by atoms with Crippen LogP contribution in [0.5, 0.6) is 5.75 Å². The first kappa shape index (κ1) is 21.1. The summed E-state index contributed by atoms with van der Waals surface area (Å²) < 4.78 is 33.4. The maximum Gasteiger partial charge on any atom is 0.195 e. The Labute approximate surface area is 185 Å². The fourth-order valence-corrected chi connectivity index (χ4v) is 5.07. The van der Waals surface area contributed by atoms with E-state index < -0.39 is 9.84 Å². The van der Waals surface area contributed by atoms with Crippen LogP contribution in [0, 0.1) is 0 Å². The van der Waals surface area contributed by atoms with Gasteiger partial charge in [-0.2, -0.15) is 0 Å². The first-order valence-corrected chi connectivity index (χ1v) is 12.4. The lowest BCUT2D eigenvalue weighted by Gasteiger charge is -2.11. The number of hydrogen-bond donors (Lipinski definition) is 0. The molecule has 4 aromatic rings. The first-order chi connectivity index (χ1) is 15.1. The summed E-state index contributed by atoms with van der Waals surface area (Å²) >= 11 is 1.47. The van der Waals surface area contributed by atoms with Gasteiger partial charge in [-0.3, -0.25) is 4.57 Å². The van der Waals surface area contributed by atoms with Gasteiger partial charge in [0.25, 0.3) is 0 Å². The van der Waals surface area contributed by atoms with Gasteiger partial charge < -0.3 is 4.74 Å². The Morgan fingerprint density at radius 3 is 2.10 bits per heavy atom. The highest BCUT2D eigenvalue weighted by molar-refractivity contribution is 7.99. The highest BCUT2D eigenvalue weighted by atomic mass is 32.2. The standard InChI is InChI=1S/C23H21N3O3S2/c27-31(28,21-14-8-3-9-15-21)18-22-24-25-23(26(22)19-10-4-1-5-11-19)30-17-16-29-20-12-6-2-7-13-20/h1-15H,16-18H2. The van der Waals surface area contributed by atoms with Gasteiger partial charge in [-0.1, -0.05) is 66.4 Å². The Hall–Kier alpha value is -3.10. The third-order valence-electron chi connectivity index (χ3n) is 4.46. The quantitative estimate of drug-likeness (QED) is 0.277. The van der Waals surface area contributed by atoms with Crippen molar-refractivity contribution < 1.29 is 13.2 Å². The van der Waals surface area contributed by atoms with Crippen molar-refractivity contribution in [2.75, 3.05) is 12.4 Å². The van der Waals surface area contributed by atoms with Crippen LogP contribution >= 0.6 is 11.8 Å². The lowest BCUT2D eigenvalue weighted by Crippen LogP contribution is -2.11. The first-order valence-electron chi connectivity index (χ1n) is 9.72. The van der Waals surface area contributed by atoms with Crippen LogP contribution in [-0.2, 0) is 15.6 Å². The summed E-state index contributed by atoms with van der Waals surface area (Å²) in [7, 11) is -3.55. The molecule has 0 unspecified atom stereocenters. The minimum absolute atomic E-state index is 0.236. The molecular weight excluding hydrogens is 430 g/mol. The van der Waals surface area contributed by atoms with Gasteiger partial charge >= 0.3 is 0 Å². The van der Waals surface area contributed by atoms with E-state index in [-0.39, 0.29) is 10.6 Å². The molecule has 3 aromatic carbocycles. The van der Waals surface area contributed by atoms with Crippen LogP contribution in [0.25, 0.3) is 5.69 Å². The molecule has 6 nitrogen and oxygen atoms in total. The Morgan fingerprint density at radius 1 is 0.806 bits per heavy atom. The van der Waals surface area contributed by atoms with Crippen LogP contribution in [0.3, 0.4) is 0 Å². The Morgan fingerprint density at radius 2 is 1.42 bits per heavy atom. The van der Waals surface area contributed by atoms with Crippen LogP contribution in [0.15, 0.2) is 101 Å². The number of hydrogen-bond acceptors (Lipinski definition) is 6. The number of nitrogens with zero attached hydrogens (tertiary/aromatic N) is 3. The molecule has 0 aliphatic carbocycles. The van der Waals surface area contributed by atoms with E-state index in [0.29, 0.717) is 23.3 Å². The fourth-order valence-electron chi connectivity index (χ4n) is 3.01. The van der Waals surface area contributed by atoms with E-state index in [1.807, 2.05) is 60.7 Å². The van der Waals surface area contributed by atoms with E-state index in [1.54, 1.807) is 34.9 Å². The van der Waals surface area contributed by atoms with Crippen LogP contribution in [0.1, 0.15) is 5.82 Å². The summed E-state index contributed by atoms with van der Waals surface area (Å²) in [6.45, 7) is 0.494. The van der Waals surface area contributed by atoms with Gasteiger partial charge in [0.1, 0.15) is 11.5 Å². The average molecular weight is 452 g/mol. The molecule has 0 atom stereocenters. The van der Waals surface area contributed by atoms with E-state index in [1.165, 1.54) is 11.8 Å². The summed E-state index contributed by atoms with van der Waals surface area (Å²) in [5.41, 5.74) is 0.817. The number of aromatic nitrogens is 3. The van der Waals surface area contributed by atoms with Gasteiger partial charge in [-0.05, 0) is 36.4 Å². The van der Waals surface area contributed by atoms with Crippen LogP contribution in [0.2, 0.25) is 0 Å². The molecule has 0 aliphatic rings. The normalized spacial score (nSPS) is 11.4. The van der Waals surface area contributed by atoms with Crippen molar-refractivity contribution in [3.63, 3.8) is 0 Å². The number of para-hydroxylation sites is 2. The molecule has 0 aliphatic heterocycles. The number of sulfone groups is 1. The van der Waals surface area contributed by atoms with Crippen molar-refractivity contribution in [3.05, 3.63) is 96.8 Å². The van der Waals surface area contributed by atoms with Crippen molar-refractivity contribution >= 4 is 21.6 Å². The third-order valence-corrected chi connectivity index (χ3v) is 6.98. The molecule has 31 heavy (non-hydrogen) atoms. The zero-order valence-corrected chi connectivity index (χ0v) is 18.3. The van der Waals surface area contributed by atoms with E-state index in [0.717, 1.165) is 11.4 Å². The van der Waals surface area contributed by atoms with Crippen molar-refractivity contribution in [1.29, 1.82) is 0 Å². The molecule has 1 heterocycles. The Balaban J connectivity index is 1.54. The SMILES string of the molecule is O=S(=O)(Cc1nnc(SCCOc2ccccc2)n1-c1ccccc1)c1ccccc1. The molecule has 158 valence electrons. The molecule has 0 bridgehead atoms. The summed E-state index contributed by atoms with van der Waals surface area (Å²) in [5, 5.41) is 9.11. The molecular formula is C23H21N3O3S2. The maximum absolute atomic E-state index is 12.9. The van der Waals surface area contributed by atoms with E-state index in [4.69, 9.17) is 4.74 Å². The topological polar surface area (TPSA) is 74.1 Å². The molecule has 8 heteroatoms. The molecule has 1 aromatic heterocycles. The van der Waals surface area contributed by atoms with Crippen LogP contribution in [0.4, 0.5) is 0 Å². The van der Waals surface area contributed by atoms with Crippen LogP contribution in [-0.4, -0.2) is 35.5 Å². The van der Waals surface area contributed by atoms with Gasteiger partial charge in [-0.15, -0.1) is 10.2 Å². The fraction of sp³-hybridized carbons (Fsp3) is 0.130. The second kappa shape index (κ2) is 9.80. The van der Waals surface area contributed by atoms with Gasteiger partial charge in [0.15, 0.2) is 20.8 Å². The Bertz CT molecular complexity index is 1210. The zero-order valence-electron chi connectivity index (χ0n) is 16.7. The number of thioether (sulfide) groups is 1. The molecule has 0 radical (unpaired) electrons. The smallest absolute Gasteiger partial charge is 0.195 e. The number of rotatable bonds is 9. The summed E-state index contributed by atoms with van der Waals surface area (Å²) in [4.78, 5) is 0.267. The van der Waals surface area contributed by atoms with E-state index in [2.05, 4.69) is 10.2 Å². The molecule has 0 N–H and O–H groups in total. The minimum Gasteiger partial charge on any atom is -0.493 e.